The molecule has 0 radical (unpaired) electrons. The van der Waals surface area contributed by atoms with Crippen LogP contribution in [0.15, 0.2) is 39.6 Å². The summed E-state index contributed by atoms with van der Waals surface area (Å²) in [6.07, 6.45) is 2.23. The zero-order valence-corrected chi connectivity index (χ0v) is 14.8. The summed E-state index contributed by atoms with van der Waals surface area (Å²) in [7, 11) is 0. The molecule has 0 aliphatic heterocycles. The summed E-state index contributed by atoms with van der Waals surface area (Å²) in [6, 6.07) is 8.23. The van der Waals surface area contributed by atoms with Gasteiger partial charge in [-0.05, 0) is 37.1 Å². The van der Waals surface area contributed by atoms with Crippen molar-refractivity contribution in [3.05, 3.63) is 61.4 Å². The molecular weight excluding hydrogens is 394 g/mol. The van der Waals surface area contributed by atoms with Crippen molar-refractivity contribution in [2.45, 2.75) is 25.4 Å². The second-order valence-electron chi connectivity index (χ2n) is 5.58. The van der Waals surface area contributed by atoms with Crippen LogP contribution in [0.2, 0.25) is 0 Å². The Labute approximate surface area is 149 Å². The van der Waals surface area contributed by atoms with E-state index in [-0.39, 0.29) is 12.2 Å². The summed E-state index contributed by atoms with van der Waals surface area (Å²) in [5, 5.41) is 5.26. The molecule has 4 rings (SSSR count). The molecule has 1 aliphatic carbocycles. The number of benzene rings is 1. The number of aromatic nitrogens is 3. The molecule has 6 nitrogen and oxygen atoms in total. The van der Waals surface area contributed by atoms with Crippen molar-refractivity contribution >= 4 is 38.2 Å². The Morgan fingerprint density at radius 3 is 2.79 bits per heavy atom. The van der Waals surface area contributed by atoms with E-state index in [2.05, 4.69) is 26.0 Å². The maximum absolute atomic E-state index is 12.1. The second kappa shape index (κ2) is 6.10. The fourth-order valence-corrected chi connectivity index (χ4v) is 3.61. The van der Waals surface area contributed by atoms with Gasteiger partial charge in [-0.15, -0.1) is 0 Å². The van der Waals surface area contributed by atoms with Gasteiger partial charge in [0.2, 0.25) is 4.96 Å². The topological polar surface area (TPSA) is 73.6 Å². The molecule has 0 bridgehead atoms. The van der Waals surface area contributed by atoms with Crippen molar-refractivity contribution in [1.82, 2.24) is 14.6 Å². The Balaban J connectivity index is 1.52. The van der Waals surface area contributed by atoms with Crippen LogP contribution in [0.4, 0.5) is 0 Å². The van der Waals surface area contributed by atoms with Crippen LogP contribution in [0, 0.1) is 0 Å². The lowest BCUT2D eigenvalue weighted by Crippen LogP contribution is -2.16. The van der Waals surface area contributed by atoms with Gasteiger partial charge >= 0.3 is 5.97 Å². The average molecular weight is 406 g/mol. The fraction of sp³-hybridized carbons (Fsp3) is 0.250. The van der Waals surface area contributed by atoms with Gasteiger partial charge in [-0.3, -0.25) is 4.79 Å². The summed E-state index contributed by atoms with van der Waals surface area (Å²) < 4.78 is 7.45. The summed E-state index contributed by atoms with van der Waals surface area (Å²) in [6.45, 7) is -0.0443. The van der Waals surface area contributed by atoms with Crippen molar-refractivity contribution in [3.63, 3.8) is 0 Å². The lowest BCUT2D eigenvalue weighted by atomic mass is 10.2. The summed E-state index contributed by atoms with van der Waals surface area (Å²) >= 11 is 4.74. The molecule has 0 amide bonds. The van der Waals surface area contributed by atoms with Gasteiger partial charge in [0.05, 0.1) is 11.3 Å². The van der Waals surface area contributed by atoms with Crippen LogP contribution in [0.3, 0.4) is 0 Å². The Morgan fingerprint density at radius 2 is 2.08 bits per heavy atom. The van der Waals surface area contributed by atoms with Crippen LogP contribution in [-0.4, -0.2) is 20.6 Å². The maximum Gasteiger partial charge on any atom is 0.338 e. The number of rotatable bonds is 4. The first-order valence-electron chi connectivity index (χ1n) is 7.42. The van der Waals surface area contributed by atoms with E-state index in [0.717, 1.165) is 22.3 Å². The standard InChI is InChI=1S/C16H12BrN3O3S/c17-11-5-3-10(4-6-11)15(22)23-8-12-7-13(21)20-16(18-12)24-14(19-20)9-1-2-9/h3-7,9H,1-2,8H2. The lowest BCUT2D eigenvalue weighted by Gasteiger charge is -2.04. The molecule has 1 aromatic carbocycles. The van der Waals surface area contributed by atoms with Crippen molar-refractivity contribution < 1.29 is 9.53 Å². The molecule has 2 heterocycles. The molecule has 0 unspecified atom stereocenters. The third-order valence-electron chi connectivity index (χ3n) is 3.67. The van der Waals surface area contributed by atoms with Crippen LogP contribution < -0.4 is 5.56 Å². The van der Waals surface area contributed by atoms with E-state index in [1.807, 2.05) is 0 Å². The average Bonchev–Trinajstić information content (AvgIpc) is 3.33. The minimum Gasteiger partial charge on any atom is -0.456 e. The molecular formula is C16H12BrN3O3S. The van der Waals surface area contributed by atoms with E-state index >= 15 is 0 Å². The Morgan fingerprint density at radius 1 is 1.33 bits per heavy atom. The van der Waals surface area contributed by atoms with Crippen LogP contribution in [0.25, 0.3) is 4.96 Å². The van der Waals surface area contributed by atoms with Gasteiger partial charge in [0.25, 0.3) is 5.56 Å². The molecule has 1 aliphatic rings. The third-order valence-corrected chi connectivity index (χ3v) is 5.27. The van der Waals surface area contributed by atoms with E-state index in [0.29, 0.717) is 22.1 Å². The van der Waals surface area contributed by atoms with Gasteiger partial charge in [0.15, 0.2) is 0 Å². The molecule has 1 fully saturated rings. The highest BCUT2D eigenvalue weighted by Gasteiger charge is 2.28. The van der Waals surface area contributed by atoms with Crippen LogP contribution >= 0.6 is 27.3 Å². The number of carbonyl (C=O) groups excluding carboxylic acids is 1. The molecule has 0 spiro atoms. The number of halogens is 1. The molecule has 122 valence electrons. The Kier molecular flexibility index (Phi) is 3.93. The number of carbonyl (C=O) groups is 1. The predicted molar refractivity (Wildman–Crippen MR) is 92.4 cm³/mol. The van der Waals surface area contributed by atoms with Crippen molar-refractivity contribution in [1.29, 1.82) is 0 Å². The first-order chi connectivity index (χ1) is 11.6. The van der Waals surface area contributed by atoms with Gasteiger partial charge in [-0.2, -0.15) is 9.61 Å². The smallest absolute Gasteiger partial charge is 0.338 e. The minimum atomic E-state index is -0.451. The minimum absolute atomic E-state index is 0.0443. The molecule has 3 aromatic rings. The zero-order chi connectivity index (χ0) is 16.7. The predicted octanol–water partition coefficient (Wildman–Crippen LogP) is 3.15. The highest BCUT2D eigenvalue weighted by Crippen LogP contribution is 2.41. The van der Waals surface area contributed by atoms with E-state index in [4.69, 9.17) is 4.74 Å². The number of hydrogen-bond donors (Lipinski definition) is 0. The first kappa shape index (κ1) is 15.5. The number of ether oxygens (including phenoxy) is 1. The first-order valence-corrected chi connectivity index (χ1v) is 9.03. The number of esters is 1. The lowest BCUT2D eigenvalue weighted by molar-refractivity contribution is 0.0467. The highest BCUT2D eigenvalue weighted by molar-refractivity contribution is 9.10. The molecule has 24 heavy (non-hydrogen) atoms. The van der Waals surface area contributed by atoms with E-state index in [1.165, 1.54) is 21.9 Å². The van der Waals surface area contributed by atoms with Crippen molar-refractivity contribution in [3.8, 4) is 0 Å². The third kappa shape index (κ3) is 3.11. The molecule has 0 N–H and O–H groups in total. The second-order valence-corrected chi connectivity index (χ2v) is 7.48. The van der Waals surface area contributed by atoms with Gasteiger partial charge in [0, 0.05) is 16.5 Å². The molecule has 8 heteroatoms. The largest absolute Gasteiger partial charge is 0.456 e. The quantitative estimate of drug-likeness (QED) is 0.623. The molecule has 1 saturated carbocycles. The number of nitrogens with zero attached hydrogens (tertiary/aromatic N) is 3. The SMILES string of the molecule is O=C(OCc1cc(=O)n2nc(C3CC3)sc2n1)c1ccc(Br)cc1. The number of hydrogen-bond acceptors (Lipinski definition) is 6. The van der Waals surface area contributed by atoms with Gasteiger partial charge in [0.1, 0.15) is 11.6 Å². The normalized spacial score (nSPS) is 14.0. The van der Waals surface area contributed by atoms with E-state index < -0.39 is 5.97 Å². The number of fused-ring (bicyclic) bond motifs is 1. The van der Waals surface area contributed by atoms with Gasteiger partial charge in [-0.1, -0.05) is 27.3 Å². The van der Waals surface area contributed by atoms with Crippen LogP contribution in [0.1, 0.15) is 39.8 Å². The molecule has 2 aromatic heterocycles. The monoisotopic (exact) mass is 405 g/mol. The summed E-state index contributed by atoms with van der Waals surface area (Å²) in [5.41, 5.74) is 0.624. The molecule has 0 atom stereocenters. The van der Waals surface area contributed by atoms with Crippen molar-refractivity contribution in [2.75, 3.05) is 0 Å². The highest BCUT2D eigenvalue weighted by atomic mass is 79.9. The Hall–Kier alpha value is -2.06. The van der Waals surface area contributed by atoms with Gasteiger partial charge in [-0.25, -0.2) is 9.78 Å². The Bertz CT molecular complexity index is 976. The molecule has 0 saturated heterocycles. The van der Waals surface area contributed by atoms with E-state index in [9.17, 15) is 9.59 Å². The summed E-state index contributed by atoms with van der Waals surface area (Å²) in [5.74, 6) is 0.0160. The van der Waals surface area contributed by atoms with Crippen LogP contribution in [-0.2, 0) is 11.3 Å². The maximum atomic E-state index is 12.1. The van der Waals surface area contributed by atoms with Gasteiger partial charge < -0.3 is 4.74 Å². The fourth-order valence-electron chi connectivity index (χ4n) is 2.25. The van der Waals surface area contributed by atoms with E-state index in [1.54, 1.807) is 24.3 Å². The van der Waals surface area contributed by atoms with Crippen molar-refractivity contribution in [2.24, 2.45) is 0 Å². The summed E-state index contributed by atoms with van der Waals surface area (Å²) in [4.78, 5) is 29.1. The van der Waals surface area contributed by atoms with Crippen LogP contribution in [0.5, 0.6) is 0 Å². The zero-order valence-electron chi connectivity index (χ0n) is 12.4.